The number of nitro groups is 1. The van der Waals surface area contributed by atoms with Gasteiger partial charge in [-0.1, -0.05) is 6.07 Å². The number of benzene rings is 1. The predicted octanol–water partition coefficient (Wildman–Crippen LogP) is 0.771. The summed E-state index contributed by atoms with van der Waals surface area (Å²) in [6.07, 6.45) is 0. The van der Waals surface area contributed by atoms with Gasteiger partial charge >= 0.3 is 6.03 Å². The van der Waals surface area contributed by atoms with Crippen LogP contribution < -0.4 is 16.0 Å². The van der Waals surface area contributed by atoms with Crippen LogP contribution in [0.3, 0.4) is 0 Å². The molecule has 0 fully saturated rings. The van der Waals surface area contributed by atoms with Gasteiger partial charge in [-0.15, -0.1) is 0 Å². The Morgan fingerprint density at radius 3 is 2.63 bits per heavy atom. The van der Waals surface area contributed by atoms with E-state index in [0.717, 1.165) is 0 Å². The van der Waals surface area contributed by atoms with Crippen LogP contribution in [0, 0.1) is 17.0 Å². The van der Waals surface area contributed by atoms with Gasteiger partial charge in [-0.3, -0.25) is 14.9 Å². The van der Waals surface area contributed by atoms with Crippen LogP contribution in [0.5, 0.6) is 0 Å². The van der Waals surface area contributed by atoms with Crippen LogP contribution in [0.2, 0.25) is 0 Å². The standard InChI is InChI=1S/C11H14N4O4/c1-7-8(4-3-5-9(7)15(18)19)14-11(17)13-6-10(16)12-2/h3-5H,6H2,1-2H3,(H,12,16)(H2,13,14,17). The zero-order valence-electron chi connectivity index (χ0n) is 10.5. The molecule has 1 rings (SSSR count). The molecule has 3 amide bonds. The van der Waals surface area contributed by atoms with Gasteiger partial charge in [0.25, 0.3) is 5.69 Å². The molecule has 0 atom stereocenters. The molecule has 19 heavy (non-hydrogen) atoms. The van der Waals surface area contributed by atoms with E-state index in [2.05, 4.69) is 16.0 Å². The average molecular weight is 266 g/mol. The zero-order chi connectivity index (χ0) is 14.4. The van der Waals surface area contributed by atoms with E-state index < -0.39 is 11.0 Å². The molecular formula is C11H14N4O4. The summed E-state index contributed by atoms with van der Waals surface area (Å²) in [5.74, 6) is -0.342. The molecule has 8 heteroatoms. The van der Waals surface area contributed by atoms with Crippen molar-refractivity contribution in [2.24, 2.45) is 0 Å². The molecule has 8 nitrogen and oxygen atoms in total. The third kappa shape index (κ3) is 3.95. The minimum Gasteiger partial charge on any atom is -0.358 e. The highest BCUT2D eigenvalue weighted by Gasteiger charge is 2.14. The number of likely N-dealkylation sites (N-methyl/N-ethyl adjacent to an activating group) is 1. The quantitative estimate of drug-likeness (QED) is 0.551. The van der Waals surface area contributed by atoms with E-state index in [4.69, 9.17) is 0 Å². The van der Waals surface area contributed by atoms with Crippen LogP contribution in [-0.2, 0) is 4.79 Å². The summed E-state index contributed by atoms with van der Waals surface area (Å²) in [4.78, 5) is 32.6. The number of amides is 3. The summed E-state index contributed by atoms with van der Waals surface area (Å²) in [6, 6.07) is 3.76. The number of urea groups is 1. The monoisotopic (exact) mass is 266 g/mol. The van der Waals surface area contributed by atoms with Crippen LogP contribution in [0.1, 0.15) is 5.56 Å². The number of carbonyl (C=O) groups excluding carboxylic acids is 2. The van der Waals surface area contributed by atoms with Crippen molar-refractivity contribution in [2.45, 2.75) is 6.92 Å². The van der Waals surface area contributed by atoms with Gasteiger partial charge in [0.2, 0.25) is 5.91 Å². The van der Waals surface area contributed by atoms with Crippen molar-refractivity contribution < 1.29 is 14.5 Å². The molecule has 1 aromatic carbocycles. The third-order valence-corrected chi connectivity index (χ3v) is 2.44. The van der Waals surface area contributed by atoms with Crippen molar-refractivity contribution in [1.29, 1.82) is 0 Å². The van der Waals surface area contributed by atoms with Gasteiger partial charge in [0.15, 0.2) is 0 Å². The first kappa shape index (κ1) is 14.4. The Morgan fingerprint density at radius 2 is 2.05 bits per heavy atom. The summed E-state index contributed by atoms with van der Waals surface area (Å²) in [5.41, 5.74) is 0.593. The first-order valence-electron chi connectivity index (χ1n) is 5.45. The lowest BCUT2D eigenvalue weighted by Crippen LogP contribution is -2.37. The lowest BCUT2D eigenvalue weighted by Gasteiger charge is -2.09. The fourth-order valence-electron chi connectivity index (χ4n) is 1.37. The summed E-state index contributed by atoms with van der Waals surface area (Å²) in [6.45, 7) is 1.36. The maximum Gasteiger partial charge on any atom is 0.319 e. The molecule has 0 unspecified atom stereocenters. The van der Waals surface area contributed by atoms with E-state index in [0.29, 0.717) is 11.3 Å². The normalized spacial score (nSPS) is 9.58. The summed E-state index contributed by atoms with van der Waals surface area (Å²) >= 11 is 0. The van der Waals surface area contributed by atoms with Gasteiger partial charge in [-0.05, 0) is 13.0 Å². The number of nitrogens with one attached hydrogen (secondary N) is 3. The van der Waals surface area contributed by atoms with Crippen molar-refractivity contribution in [2.75, 3.05) is 18.9 Å². The molecule has 0 saturated heterocycles. The molecule has 102 valence electrons. The minimum atomic E-state index is -0.604. The van der Waals surface area contributed by atoms with Gasteiger partial charge < -0.3 is 16.0 Å². The molecule has 3 N–H and O–H groups in total. The Hall–Kier alpha value is -2.64. The molecule has 1 aromatic rings. The molecule has 0 bridgehead atoms. The van der Waals surface area contributed by atoms with Crippen molar-refractivity contribution in [3.63, 3.8) is 0 Å². The highest BCUT2D eigenvalue weighted by Crippen LogP contribution is 2.24. The average Bonchev–Trinajstić information content (AvgIpc) is 2.38. The highest BCUT2D eigenvalue weighted by molar-refractivity contribution is 5.93. The lowest BCUT2D eigenvalue weighted by atomic mass is 10.1. The summed E-state index contributed by atoms with van der Waals surface area (Å²) in [5, 5.41) is 17.9. The largest absolute Gasteiger partial charge is 0.358 e. The minimum absolute atomic E-state index is 0.0795. The van der Waals surface area contributed by atoms with E-state index in [-0.39, 0.29) is 18.1 Å². The number of hydrogen-bond acceptors (Lipinski definition) is 4. The van der Waals surface area contributed by atoms with E-state index in [1.54, 1.807) is 6.07 Å². The maximum atomic E-state index is 11.5. The molecule has 0 aliphatic heterocycles. The number of carbonyl (C=O) groups is 2. The van der Waals surface area contributed by atoms with Crippen LogP contribution in [0.25, 0.3) is 0 Å². The third-order valence-electron chi connectivity index (χ3n) is 2.44. The maximum absolute atomic E-state index is 11.5. The summed E-state index contributed by atoms with van der Waals surface area (Å²) in [7, 11) is 1.45. The van der Waals surface area contributed by atoms with Crippen LogP contribution in [-0.4, -0.2) is 30.5 Å². The molecule has 0 aliphatic rings. The molecule has 0 heterocycles. The smallest absolute Gasteiger partial charge is 0.319 e. The van der Waals surface area contributed by atoms with Crippen molar-refractivity contribution in [3.05, 3.63) is 33.9 Å². The van der Waals surface area contributed by atoms with Gasteiger partial charge in [0.1, 0.15) is 0 Å². The molecule has 0 spiro atoms. The van der Waals surface area contributed by atoms with E-state index in [9.17, 15) is 19.7 Å². The number of nitro benzene ring substituents is 1. The summed E-state index contributed by atoms with van der Waals surface area (Å²) < 4.78 is 0. The Morgan fingerprint density at radius 1 is 1.37 bits per heavy atom. The van der Waals surface area contributed by atoms with Crippen molar-refractivity contribution in [1.82, 2.24) is 10.6 Å². The topological polar surface area (TPSA) is 113 Å². The van der Waals surface area contributed by atoms with E-state index >= 15 is 0 Å². The molecule has 0 saturated carbocycles. The van der Waals surface area contributed by atoms with Gasteiger partial charge in [-0.2, -0.15) is 0 Å². The highest BCUT2D eigenvalue weighted by atomic mass is 16.6. The number of anilines is 1. The van der Waals surface area contributed by atoms with Crippen LogP contribution >= 0.6 is 0 Å². The fraction of sp³-hybridized carbons (Fsp3) is 0.273. The second kappa shape index (κ2) is 6.34. The molecule has 0 aliphatic carbocycles. The Bertz CT molecular complexity index is 515. The van der Waals surface area contributed by atoms with Crippen molar-refractivity contribution in [3.8, 4) is 0 Å². The van der Waals surface area contributed by atoms with Crippen molar-refractivity contribution >= 4 is 23.3 Å². The van der Waals surface area contributed by atoms with Gasteiger partial charge in [-0.25, -0.2) is 4.79 Å². The van der Waals surface area contributed by atoms with Crippen LogP contribution in [0.4, 0.5) is 16.2 Å². The Balaban J connectivity index is 2.72. The number of nitrogens with zero attached hydrogens (tertiary/aromatic N) is 1. The van der Waals surface area contributed by atoms with Gasteiger partial charge in [0, 0.05) is 13.1 Å². The number of rotatable bonds is 4. The predicted molar refractivity (Wildman–Crippen MR) is 68.9 cm³/mol. The fourth-order valence-corrected chi connectivity index (χ4v) is 1.37. The zero-order valence-corrected chi connectivity index (χ0v) is 10.5. The molecule has 0 aromatic heterocycles. The first-order valence-corrected chi connectivity index (χ1v) is 5.45. The van der Waals surface area contributed by atoms with Gasteiger partial charge in [0.05, 0.1) is 22.7 Å². The van der Waals surface area contributed by atoms with E-state index in [1.807, 2.05) is 0 Å². The van der Waals surface area contributed by atoms with Crippen LogP contribution in [0.15, 0.2) is 18.2 Å². The van der Waals surface area contributed by atoms with E-state index in [1.165, 1.54) is 26.1 Å². The lowest BCUT2D eigenvalue weighted by molar-refractivity contribution is -0.385. The molecular weight excluding hydrogens is 252 g/mol. The SMILES string of the molecule is CNC(=O)CNC(=O)Nc1cccc([N+](=O)[O-])c1C. The Kier molecular flexibility index (Phi) is 4.81. The number of hydrogen-bond donors (Lipinski definition) is 3. The Labute approximate surface area is 109 Å². The second-order valence-corrected chi connectivity index (χ2v) is 3.69. The second-order valence-electron chi connectivity index (χ2n) is 3.69. The molecule has 0 radical (unpaired) electrons. The first-order chi connectivity index (χ1) is 8.95.